The van der Waals surface area contributed by atoms with E-state index in [1.165, 1.54) is 24.8 Å². The van der Waals surface area contributed by atoms with Gasteiger partial charge in [0.15, 0.2) is 4.77 Å². The number of thioether (sulfide) groups is 1. The Bertz CT molecular complexity index is 634. The van der Waals surface area contributed by atoms with Crippen LogP contribution in [-0.4, -0.2) is 20.6 Å². The van der Waals surface area contributed by atoms with Crippen molar-refractivity contribution in [2.45, 2.75) is 30.6 Å². The number of fused-ring (bicyclic) bond motifs is 1. The van der Waals surface area contributed by atoms with E-state index in [0.29, 0.717) is 4.75 Å². The molecule has 5 heteroatoms. The molecule has 2 nitrogen and oxygen atoms in total. The Morgan fingerprint density at radius 1 is 1.50 bits per heavy atom. The third kappa shape index (κ3) is 2.06. The summed E-state index contributed by atoms with van der Waals surface area (Å²) in [6, 6.07) is 6.31. The van der Waals surface area contributed by atoms with E-state index in [4.69, 9.17) is 12.2 Å². The van der Waals surface area contributed by atoms with Crippen LogP contribution < -0.4 is 0 Å². The zero-order valence-corrected chi connectivity index (χ0v) is 13.4. The van der Waals surface area contributed by atoms with Gasteiger partial charge in [0.05, 0.1) is 11.0 Å². The van der Waals surface area contributed by atoms with Gasteiger partial charge in [0.25, 0.3) is 0 Å². The van der Waals surface area contributed by atoms with Gasteiger partial charge in [-0.2, -0.15) is 11.8 Å². The number of benzene rings is 1. The molecule has 0 saturated heterocycles. The zero-order chi connectivity index (χ0) is 12.8. The first-order valence-electron chi connectivity index (χ1n) is 6.07. The van der Waals surface area contributed by atoms with E-state index in [-0.39, 0.29) is 0 Å². The van der Waals surface area contributed by atoms with E-state index in [1.54, 1.807) is 0 Å². The molecule has 0 aliphatic heterocycles. The molecule has 1 aromatic heterocycles. The predicted octanol–water partition coefficient (Wildman–Crippen LogP) is 4.75. The monoisotopic (exact) mass is 342 g/mol. The molecule has 1 aliphatic carbocycles. The second kappa shape index (κ2) is 4.69. The fraction of sp³-hybridized carbons (Fsp3) is 0.462. The summed E-state index contributed by atoms with van der Waals surface area (Å²) in [6.45, 7) is 1.02. The van der Waals surface area contributed by atoms with Gasteiger partial charge in [-0.25, -0.2) is 0 Å². The van der Waals surface area contributed by atoms with Crippen LogP contribution in [0, 0.1) is 4.77 Å². The second-order valence-electron chi connectivity index (χ2n) is 4.92. The van der Waals surface area contributed by atoms with Crippen LogP contribution >= 0.6 is 39.9 Å². The molecule has 0 radical (unpaired) electrons. The molecule has 18 heavy (non-hydrogen) atoms. The van der Waals surface area contributed by atoms with Gasteiger partial charge in [-0.1, -0.05) is 22.4 Å². The summed E-state index contributed by atoms with van der Waals surface area (Å²) >= 11 is 11.0. The quantitative estimate of drug-likeness (QED) is 0.812. The molecule has 0 atom stereocenters. The van der Waals surface area contributed by atoms with Gasteiger partial charge in [-0.15, -0.1) is 0 Å². The van der Waals surface area contributed by atoms with Crippen molar-refractivity contribution in [2.24, 2.45) is 0 Å². The van der Waals surface area contributed by atoms with Crippen LogP contribution in [0.4, 0.5) is 0 Å². The molecule has 2 aromatic rings. The molecule has 1 aromatic carbocycles. The lowest BCUT2D eigenvalue weighted by Gasteiger charge is -2.40. The third-order valence-corrected chi connectivity index (χ3v) is 6.10. The van der Waals surface area contributed by atoms with E-state index in [2.05, 4.69) is 49.9 Å². The smallest absolute Gasteiger partial charge is 0.178 e. The van der Waals surface area contributed by atoms with E-state index >= 15 is 0 Å². The fourth-order valence-electron chi connectivity index (χ4n) is 2.58. The highest BCUT2D eigenvalue weighted by atomic mass is 79.9. The van der Waals surface area contributed by atoms with Crippen molar-refractivity contribution >= 4 is 50.9 Å². The van der Waals surface area contributed by atoms with Crippen LogP contribution in [0.15, 0.2) is 22.7 Å². The van der Waals surface area contributed by atoms with Crippen LogP contribution in [0.5, 0.6) is 0 Å². The van der Waals surface area contributed by atoms with Crippen molar-refractivity contribution in [1.29, 1.82) is 0 Å². The summed E-state index contributed by atoms with van der Waals surface area (Å²) in [7, 11) is 0. The fourth-order valence-corrected chi connectivity index (χ4v) is 4.17. The maximum Gasteiger partial charge on any atom is 0.178 e. The lowest BCUT2D eigenvalue weighted by molar-refractivity contribution is 0.323. The van der Waals surface area contributed by atoms with Crippen molar-refractivity contribution in [3.8, 4) is 0 Å². The van der Waals surface area contributed by atoms with Crippen molar-refractivity contribution in [3.63, 3.8) is 0 Å². The van der Waals surface area contributed by atoms with E-state index < -0.39 is 0 Å². The van der Waals surface area contributed by atoms with Gasteiger partial charge in [-0.3, -0.25) is 0 Å². The summed E-state index contributed by atoms with van der Waals surface area (Å²) in [5, 5.41) is 0. The summed E-state index contributed by atoms with van der Waals surface area (Å²) in [6.07, 6.45) is 6.18. The number of halogens is 1. The van der Waals surface area contributed by atoms with Crippen LogP contribution in [-0.2, 0) is 6.54 Å². The van der Waals surface area contributed by atoms with Gasteiger partial charge < -0.3 is 9.55 Å². The van der Waals surface area contributed by atoms with Crippen molar-refractivity contribution in [2.75, 3.05) is 6.26 Å². The number of H-pyrrole nitrogens is 1. The third-order valence-electron chi connectivity index (χ3n) is 3.88. The average Bonchev–Trinajstić information content (AvgIpc) is 2.59. The zero-order valence-electron chi connectivity index (χ0n) is 10.2. The highest BCUT2D eigenvalue weighted by Gasteiger charge is 2.36. The molecular weight excluding hydrogens is 328 g/mol. The Morgan fingerprint density at radius 3 is 2.89 bits per heavy atom. The van der Waals surface area contributed by atoms with E-state index in [9.17, 15) is 0 Å². The maximum atomic E-state index is 5.47. The molecule has 1 aliphatic rings. The molecule has 3 rings (SSSR count). The first kappa shape index (κ1) is 12.8. The molecule has 96 valence electrons. The molecule has 1 saturated carbocycles. The Balaban J connectivity index is 2.06. The largest absolute Gasteiger partial charge is 0.331 e. The lowest BCUT2D eigenvalue weighted by Crippen LogP contribution is -2.37. The van der Waals surface area contributed by atoms with Gasteiger partial charge in [0.2, 0.25) is 0 Å². The van der Waals surface area contributed by atoms with Gasteiger partial charge in [-0.05, 0) is 49.5 Å². The van der Waals surface area contributed by atoms with Crippen LogP contribution in [0.1, 0.15) is 19.3 Å². The number of hydrogen-bond acceptors (Lipinski definition) is 2. The molecule has 0 unspecified atom stereocenters. The second-order valence-corrected chi connectivity index (χ2v) is 7.50. The maximum absolute atomic E-state index is 5.47. The highest BCUT2D eigenvalue weighted by molar-refractivity contribution is 9.10. The minimum absolute atomic E-state index is 0.403. The van der Waals surface area contributed by atoms with Crippen LogP contribution in [0.3, 0.4) is 0 Å². The van der Waals surface area contributed by atoms with E-state index in [0.717, 1.165) is 21.3 Å². The van der Waals surface area contributed by atoms with Crippen molar-refractivity contribution < 1.29 is 0 Å². The first-order chi connectivity index (χ1) is 8.63. The molecule has 0 spiro atoms. The molecular formula is C13H15BrN2S2. The lowest BCUT2D eigenvalue weighted by atomic mass is 9.84. The van der Waals surface area contributed by atoms with Crippen molar-refractivity contribution in [1.82, 2.24) is 9.55 Å². The van der Waals surface area contributed by atoms with E-state index in [1.807, 2.05) is 11.8 Å². The molecule has 0 bridgehead atoms. The number of imidazole rings is 1. The summed E-state index contributed by atoms with van der Waals surface area (Å²) in [5.41, 5.74) is 2.33. The van der Waals surface area contributed by atoms with Crippen LogP contribution in [0.2, 0.25) is 0 Å². The first-order valence-corrected chi connectivity index (χ1v) is 8.49. The summed E-state index contributed by atoms with van der Waals surface area (Å²) in [5.74, 6) is 0. The number of aromatic amines is 1. The summed E-state index contributed by atoms with van der Waals surface area (Å²) in [4.78, 5) is 3.30. The summed E-state index contributed by atoms with van der Waals surface area (Å²) < 4.78 is 4.58. The predicted molar refractivity (Wildman–Crippen MR) is 84.9 cm³/mol. The van der Waals surface area contributed by atoms with Gasteiger partial charge in [0, 0.05) is 15.8 Å². The molecule has 1 N–H and O–H groups in total. The topological polar surface area (TPSA) is 20.7 Å². The number of nitrogens with zero attached hydrogens (tertiary/aromatic N) is 1. The number of aromatic nitrogens is 2. The van der Waals surface area contributed by atoms with Crippen LogP contribution in [0.25, 0.3) is 11.0 Å². The Hall–Kier alpha value is -0.260. The number of rotatable bonds is 3. The SMILES string of the molecule is CSC1(Cn2c(=S)[nH]c3cc(Br)ccc32)CCC1. The van der Waals surface area contributed by atoms with Crippen molar-refractivity contribution in [3.05, 3.63) is 27.4 Å². The van der Waals surface area contributed by atoms with Gasteiger partial charge in [0.1, 0.15) is 0 Å². The Morgan fingerprint density at radius 2 is 2.28 bits per heavy atom. The van der Waals surface area contributed by atoms with Gasteiger partial charge >= 0.3 is 0 Å². The standard InChI is InChI=1S/C13H15BrN2S2/c1-18-13(5-2-6-13)8-16-11-4-3-9(14)7-10(11)15-12(16)17/h3-4,7H,2,5-6,8H2,1H3,(H,15,17). The number of hydrogen-bond donors (Lipinski definition) is 1. The highest BCUT2D eigenvalue weighted by Crippen LogP contribution is 2.44. The number of nitrogens with one attached hydrogen (secondary N) is 1. The molecule has 1 fully saturated rings. The Labute approximate surface area is 124 Å². The Kier molecular flexibility index (Phi) is 3.32. The molecule has 1 heterocycles. The minimum atomic E-state index is 0.403. The average molecular weight is 343 g/mol. The molecule has 0 amide bonds. The normalized spacial score (nSPS) is 17.9. The minimum Gasteiger partial charge on any atom is -0.331 e.